The highest BCUT2D eigenvalue weighted by molar-refractivity contribution is 7.96. The molecule has 0 atom stereocenters. The maximum atomic E-state index is 13.1. The maximum absolute atomic E-state index is 13.1. The summed E-state index contributed by atoms with van der Waals surface area (Å²) in [6, 6.07) is 23.9. The van der Waals surface area contributed by atoms with Crippen molar-refractivity contribution in [3.8, 4) is 0 Å². The van der Waals surface area contributed by atoms with Crippen molar-refractivity contribution in [2.24, 2.45) is 0 Å². The summed E-state index contributed by atoms with van der Waals surface area (Å²) in [6.45, 7) is 0. The summed E-state index contributed by atoms with van der Waals surface area (Å²) < 4.78 is 54.2. The summed E-state index contributed by atoms with van der Waals surface area (Å²) in [5, 5.41) is 9.18. The number of hydrogen-bond donors (Lipinski definition) is 2. The lowest BCUT2D eigenvalue weighted by atomic mass is 10.0. The Morgan fingerprint density at radius 2 is 1.46 bits per heavy atom. The first-order chi connectivity index (χ1) is 16.7. The number of sulfonamides is 1. The summed E-state index contributed by atoms with van der Waals surface area (Å²) in [7, 11) is -7.86. The lowest BCUT2D eigenvalue weighted by Crippen LogP contribution is -2.13. The smallest absolute Gasteiger partial charge is 0.335 e. The van der Waals surface area contributed by atoms with E-state index >= 15 is 0 Å². The lowest BCUT2D eigenvalue weighted by Gasteiger charge is -2.12. The molecule has 4 aromatic rings. The minimum Gasteiger partial charge on any atom is -0.478 e. The molecule has 0 aliphatic rings. The molecule has 0 fully saturated rings. The minimum atomic E-state index is -4.03. The summed E-state index contributed by atoms with van der Waals surface area (Å²) >= 11 is 0.687. The van der Waals surface area contributed by atoms with Crippen LogP contribution >= 0.6 is 11.3 Å². The van der Waals surface area contributed by atoms with Gasteiger partial charge in [-0.25, -0.2) is 21.6 Å². The second-order valence-electron chi connectivity index (χ2n) is 7.66. The maximum Gasteiger partial charge on any atom is 0.335 e. The number of sulfone groups is 1. The van der Waals surface area contributed by atoms with Crippen LogP contribution in [0.2, 0.25) is 0 Å². The van der Waals surface area contributed by atoms with E-state index in [0.717, 1.165) is 11.1 Å². The topological polar surface area (TPSA) is 118 Å². The molecule has 35 heavy (non-hydrogen) atoms. The van der Waals surface area contributed by atoms with Gasteiger partial charge in [0.2, 0.25) is 9.84 Å². The van der Waals surface area contributed by atoms with E-state index in [2.05, 4.69) is 4.72 Å². The fourth-order valence-electron chi connectivity index (χ4n) is 3.48. The summed E-state index contributed by atoms with van der Waals surface area (Å²) in [5.74, 6) is -1.01. The van der Waals surface area contributed by atoms with Gasteiger partial charge in [-0.3, -0.25) is 4.72 Å². The quantitative estimate of drug-likeness (QED) is 0.321. The third kappa shape index (κ3) is 5.61. The molecule has 0 amide bonds. The van der Waals surface area contributed by atoms with Crippen molar-refractivity contribution >= 4 is 42.9 Å². The first-order valence-corrected chi connectivity index (χ1v) is 14.3. The molecule has 0 unspecified atom stereocenters. The van der Waals surface area contributed by atoms with Crippen LogP contribution in [0, 0.1) is 0 Å². The van der Waals surface area contributed by atoms with E-state index in [0.29, 0.717) is 29.9 Å². The molecule has 7 nitrogen and oxygen atoms in total. The first-order valence-electron chi connectivity index (χ1n) is 10.5. The van der Waals surface area contributed by atoms with Gasteiger partial charge in [-0.1, -0.05) is 48.5 Å². The van der Waals surface area contributed by atoms with Crippen molar-refractivity contribution in [2.45, 2.75) is 26.2 Å². The van der Waals surface area contributed by atoms with Gasteiger partial charge in [-0.2, -0.15) is 0 Å². The Morgan fingerprint density at radius 1 is 0.771 bits per heavy atom. The second-order valence-corrected chi connectivity index (χ2v) is 12.8. The number of hydrogen-bond acceptors (Lipinski definition) is 6. The van der Waals surface area contributed by atoms with Crippen molar-refractivity contribution in [3.05, 3.63) is 108 Å². The molecule has 0 aliphatic heterocycles. The SMILES string of the molecule is O=C(O)c1cccc(CCc2ccccc2NS(=O)(=O)c2ccc(S(=O)(=O)c3ccccc3)s2)c1. The van der Waals surface area contributed by atoms with Crippen LogP contribution in [0.1, 0.15) is 21.5 Å². The normalized spacial score (nSPS) is 11.8. The van der Waals surface area contributed by atoms with Gasteiger partial charge in [-0.15, -0.1) is 11.3 Å². The molecule has 3 aromatic carbocycles. The fraction of sp³-hybridized carbons (Fsp3) is 0.0800. The van der Waals surface area contributed by atoms with Gasteiger partial charge in [-0.05, 0) is 66.4 Å². The third-order valence-electron chi connectivity index (χ3n) is 5.26. The molecule has 10 heteroatoms. The standard InChI is InChI=1S/C25H21NO6S3/c27-25(28)20-9-6-7-18(17-20)13-14-19-8-4-5-12-22(19)26-35(31,32)24-16-15-23(33-24)34(29,30)21-10-2-1-3-11-21/h1-12,15-17,26H,13-14H2,(H,27,28). The molecule has 0 spiro atoms. The Balaban J connectivity index is 1.54. The number of carboxylic acid groups (broad SMARTS) is 1. The largest absolute Gasteiger partial charge is 0.478 e. The highest BCUT2D eigenvalue weighted by Crippen LogP contribution is 2.31. The van der Waals surface area contributed by atoms with E-state index in [1.54, 1.807) is 54.6 Å². The molecular weight excluding hydrogens is 506 g/mol. The van der Waals surface area contributed by atoms with E-state index in [4.69, 9.17) is 0 Å². The number of nitrogens with one attached hydrogen (secondary N) is 1. The number of aryl methyl sites for hydroxylation is 2. The van der Waals surface area contributed by atoms with Gasteiger partial charge in [0.05, 0.1) is 16.1 Å². The highest BCUT2D eigenvalue weighted by atomic mass is 32.3. The van der Waals surface area contributed by atoms with E-state index in [1.165, 1.54) is 30.3 Å². The Kier molecular flexibility index (Phi) is 7.06. The molecule has 2 N–H and O–H groups in total. The fourth-order valence-corrected chi connectivity index (χ4v) is 7.77. The van der Waals surface area contributed by atoms with Crippen LogP contribution in [0.25, 0.3) is 0 Å². The molecule has 0 saturated carbocycles. The zero-order valence-electron chi connectivity index (χ0n) is 18.3. The number of carbonyl (C=O) groups is 1. The van der Waals surface area contributed by atoms with E-state index in [9.17, 15) is 26.7 Å². The van der Waals surface area contributed by atoms with Gasteiger partial charge in [0, 0.05) is 0 Å². The third-order valence-corrected chi connectivity index (χ3v) is 10.5. The molecular formula is C25H21NO6S3. The number of benzene rings is 3. The number of carboxylic acids is 1. The monoisotopic (exact) mass is 527 g/mol. The molecule has 4 rings (SSSR count). The van der Waals surface area contributed by atoms with E-state index in [1.807, 2.05) is 6.07 Å². The number of rotatable bonds is 9. The van der Waals surface area contributed by atoms with Crippen LogP contribution < -0.4 is 4.72 Å². The average Bonchev–Trinajstić information content (AvgIpc) is 3.37. The van der Waals surface area contributed by atoms with Gasteiger partial charge in [0.25, 0.3) is 10.0 Å². The van der Waals surface area contributed by atoms with Gasteiger partial charge in [0.15, 0.2) is 0 Å². The molecule has 180 valence electrons. The zero-order chi connectivity index (χ0) is 25.1. The van der Waals surface area contributed by atoms with Crippen LogP contribution in [0.4, 0.5) is 5.69 Å². The Labute approximate surface area is 207 Å². The highest BCUT2D eigenvalue weighted by Gasteiger charge is 2.24. The van der Waals surface area contributed by atoms with Crippen LogP contribution in [0.5, 0.6) is 0 Å². The molecule has 1 aromatic heterocycles. The summed E-state index contributed by atoms with van der Waals surface area (Å²) in [4.78, 5) is 11.3. The van der Waals surface area contributed by atoms with Crippen LogP contribution in [-0.2, 0) is 32.7 Å². The van der Waals surface area contributed by atoms with Crippen molar-refractivity contribution in [3.63, 3.8) is 0 Å². The molecule has 1 heterocycles. The minimum absolute atomic E-state index is 0.0596. The second kappa shape index (κ2) is 10.0. The average molecular weight is 528 g/mol. The van der Waals surface area contributed by atoms with Crippen molar-refractivity contribution in [1.82, 2.24) is 0 Å². The van der Waals surface area contributed by atoms with Gasteiger partial charge in [0.1, 0.15) is 8.42 Å². The summed E-state index contributed by atoms with van der Waals surface area (Å²) in [6.07, 6.45) is 0.984. The Morgan fingerprint density at radius 3 is 2.20 bits per heavy atom. The first kappa shape index (κ1) is 24.6. The van der Waals surface area contributed by atoms with Crippen molar-refractivity contribution < 1.29 is 26.7 Å². The van der Waals surface area contributed by atoms with Crippen molar-refractivity contribution in [2.75, 3.05) is 4.72 Å². The predicted molar refractivity (Wildman–Crippen MR) is 134 cm³/mol. The number of aromatic carboxylic acids is 1. The molecule has 0 radical (unpaired) electrons. The van der Waals surface area contributed by atoms with Gasteiger partial charge < -0.3 is 5.11 Å². The van der Waals surface area contributed by atoms with Gasteiger partial charge >= 0.3 is 5.97 Å². The van der Waals surface area contributed by atoms with E-state index < -0.39 is 25.8 Å². The van der Waals surface area contributed by atoms with Crippen LogP contribution in [0.3, 0.4) is 0 Å². The molecule has 0 saturated heterocycles. The number of thiophene rings is 1. The number of anilines is 1. The molecule has 0 aliphatic carbocycles. The molecule has 0 bridgehead atoms. The van der Waals surface area contributed by atoms with Crippen LogP contribution in [0.15, 0.2) is 104 Å². The Bertz CT molecular complexity index is 1580. The lowest BCUT2D eigenvalue weighted by molar-refractivity contribution is 0.0696. The van der Waals surface area contributed by atoms with E-state index in [-0.39, 0.29) is 18.9 Å². The van der Waals surface area contributed by atoms with Crippen LogP contribution in [-0.4, -0.2) is 27.9 Å². The zero-order valence-corrected chi connectivity index (χ0v) is 20.7. The number of para-hydroxylation sites is 1. The Hall–Kier alpha value is -3.47. The summed E-state index contributed by atoms with van der Waals surface area (Å²) in [5.41, 5.74) is 2.11. The predicted octanol–water partition coefficient (Wildman–Crippen LogP) is 4.87. The van der Waals surface area contributed by atoms with Crippen molar-refractivity contribution in [1.29, 1.82) is 0 Å².